The van der Waals surface area contributed by atoms with E-state index in [4.69, 9.17) is 16.7 Å². The number of nitrogens with one attached hydrogen (secondary N) is 1. The molecule has 1 amide bonds. The van der Waals surface area contributed by atoms with Gasteiger partial charge in [0.2, 0.25) is 0 Å². The number of carbonyl (C=O) groups is 2. The highest BCUT2D eigenvalue weighted by Gasteiger charge is 2.51. The molecule has 0 aliphatic heterocycles. The Kier molecular flexibility index (Phi) is 2.55. The van der Waals surface area contributed by atoms with E-state index in [2.05, 4.69) is 10.3 Å². The van der Waals surface area contributed by atoms with Gasteiger partial charge in [0.25, 0.3) is 5.91 Å². The van der Waals surface area contributed by atoms with Gasteiger partial charge in [-0.15, -0.1) is 0 Å². The Morgan fingerprint density at radius 1 is 1.50 bits per heavy atom. The molecule has 1 aromatic heterocycles. The first kappa shape index (κ1) is 10.9. The summed E-state index contributed by atoms with van der Waals surface area (Å²) < 4.78 is 0. The molecule has 0 unspecified atom stereocenters. The summed E-state index contributed by atoms with van der Waals surface area (Å²) in [6, 6.07) is 2.88. The molecule has 1 fully saturated rings. The molecule has 0 aromatic carbocycles. The van der Waals surface area contributed by atoms with Gasteiger partial charge in [-0.2, -0.15) is 0 Å². The largest absolute Gasteiger partial charge is 0.480 e. The standard InChI is InChI=1S/C10H9ClN2O3/c11-7-5-6(1-4-12-7)8(14)13-10(2-3-10)9(15)16/h1,4-5H,2-3H2,(H,13,14)(H,15,16). The molecule has 1 heterocycles. The topological polar surface area (TPSA) is 79.3 Å². The number of pyridine rings is 1. The molecule has 0 saturated heterocycles. The molecular weight excluding hydrogens is 232 g/mol. The van der Waals surface area contributed by atoms with Crippen molar-refractivity contribution in [2.75, 3.05) is 0 Å². The maximum Gasteiger partial charge on any atom is 0.329 e. The quantitative estimate of drug-likeness (QED) is 0.775. The molecule has 0 spiro atoms. The van der Waals surface area contributed by atoms with Crippen molar-refractivity contribution in [2.24, 2.45) is 0 Å². The average molecular weight is 241 g/mol. The second kappa shape index (κ2) is 3.75. The Bertz CT molecular complexity index is 457. The van der Waals surface area contributed by atoms with Crippen LogP contribution in [0.1, 0.15) is 23.2 Å². The van der Waals surface area contributed by atoms with Gasteiger partial charge < -0.3 is 10.4 Å². The summed E-state index contributed by atoms with van der Waals surface area (Å²) in [6.45, 7) is 0. The van der Waals surface area contributed by atoms with Crippen molar-refractivity contribution in [3.05, 3.63) is 29.0 Å². The van der Waals surface area contributed by atoms with Crippen LogP contribution in [0.25, 0.3) is 0 Å². The molecular formula is C10H9ClN2O3. The lowest BCUT2D eigenvalue weighted by atomic mass is 10.2. The normalized spacial score (nSPS) is 16.6. The van der Waals surface area contributed by atoms with Gasteiger partial charge in [-0.25, -0.2) is 9.78 Å². The first-order valence-electron chi connectivity index (χ1n) is 4.71. The highest BCUT2D eigenvalue weighted by molar-refractivity contribution is 6.29. The van der Waals surface area contributed by atoms with E-state index in [0.29, 0.717) is 18.4 Å². The number of halogens is 1. The minimum absolute atomic E-state index is 0.202. The van der Waals surface area contributed by atoms with Crippen LogP contribution in [0.3, 0.4) is 0 Å². The number of nitrogens with zero attached hydrogens (tertiary/aromatic N) is 1. The Morgan fingerprint density at radius 3 is 2.69 bits per heavy atom. The Balaban J connectivity index is 2.12. The zero-order valence-electron chi connectivity index (χ0n) is 8.24. The minimum Gasteiger partial charge on any atom is -0.480 e. The number of hydrogen-bond donors (Lipinski definition) is 2. The lowest BCUT2D eigenvalue weighted by Crippen LogP contribution is -2.43. The van der Waals surface area contributed by atoms with Crippen LogP contribution in [0.5, 0.6) is 0 Å². The fourth-order valence-corrected chi connectivity index (χ4v) is 1.52. The third-order valence-electron chi connectivity index (χ3n) is 2.50. The number of aromatic nitrogens is 1. The second-order valence-electron chi connectivity index (χ2n) is 3.71. The molecule has 0 bridgehead atoms. The fraction of sp³-hybridized carbons (Fsp3) is 0.300. The van der Waals surface area contributed by atoms with Crippen molar-refractivity contribution in [1.29, 1.82) is 0 Å². The highest BCUT2D eigenvalue weighted by Crippen LogP contribution is 2.35. The van der Waals surface area contributed by atoms with Gasteiger partial charge in [0.15, 0.2) is 0 Å². The van der Waals surface area contributed by atoms with Crippen molar-refractivity contribution < 1.29 is 14.7 Å². The molecule has 5 nitrogen and oxygen atoms in total. The monoisotopic (exact) mass is 240 g/mol. The number of carbonyl (C=O) groups excluding carboxylic acids is 1. The Hall–Kier alpha value is -1.62. The third-order valence-corrected chi connectivity index (χ3v) is 2.71. The summed E-state index contributed by atoms with van der Waals surface area (Å²) in [6.07, 6.45) is 2.33. The maximum atomic E-state index is 11.7. The van der Waals surface area contributed by atoms with Crippen molar-refractivity contribution >= 4 is 23.5 Å². The van der Waals surface area contributed by atoms with E-state index in [1.165, 1.54) is 18.3 Å². The van der Waals surface area contributed by atoms with Gasteiger partial charge >= 0.3 is 5.97 Å². The summed E-state index contributed by atoms with van der Waals surface area (Å²) in [5.41, 5.74) is -0.764. The van der Waals surface area contributed by atoms with Crippen LogP contribution in [0.15, 0.2) is 18.3 Å². The predicted molar refractivity (Wildman–Crippen MR) is 56.3 cm³/mol. The zero-order chi connectivity index (χ0) is 11.8. The molecule has 1 aliphatic carbocycles. The number of amides is 1. The predicted octanol–water partition coefficient (Wildman–Crippen LogP) is 1.08. The van der Waals surface area contributed by atoms with Crippen LogP contribution >= 0.6 is 11.6 Å². The molecule has 0 atom stereocenters. The molecule has 6 heteroatoms. The Labute approximate surface area is 96.4 Å². The van der Waals surface area contributed by atoms with Gasteiger partial charge in [-0.1, -0.05) is 11.6 Å². The van der Waals surface area contributed by atoms with Crippen LogP contribution in [-0.4, -0.2) is 27.5 Å². The highest BCUT2D eigenvalue weighted by atomic mass is 35.5. The number of hydrogen-bond acceptors (Lipinski definition) is 3. The zero-order valence-corrected chi connectivity index (χ0v) is 8.99. The van der Waals surface area contributed by atoms with Crippen molar-refractivity contribution in [2.45, 2.75) is 18.4 Å². The van der Waals surface area contributed by atoms with Crippen molar-refractivity contribution in [3.63, 3.8) is 0 Å². The van der Waals surface area contributed by atoms with Crippen LogP contribution in [0.4, 0.5) is 0 Å². The van der Waals surface area contributed by atoms with Crippen LogP contribution in [0, 0.1) is 0 Å². The van der Waals surface area contributed by atoms with Gasteiger partial charge in [0.1, 0.15) is 10.7 Å². The average Bonchev–Trinajstić information content (AvgIpc) is 2.99. The van der Waals surface area contributed by atoms with Crippen LogP contribution < -0.4 is 5.32 Å². The van der Waals surface area contributed by atoms with Gasteiger partial charge in [0.05, 0.1) is 0 Å². The van der Waals surface area contributed by atoms with E-state index in [-0.39, 0.29) is 5.15 Å². The number of rotatable bonds is 3. The van der Waals surface area contributed by atoms with E-state index < -0.39 is 17.4 Å². The molecule has 84 valence electrons. The SMILES string of the molecule is O=C(NC1(C(=O)O)CC1)c1ccnc(Cl)c1. The van der Waals surface area contributed by atoms with E-state index in [1.807, 2.05) is 0 Å². The second-order valence-corrected chi connectivity index (χ2v) is 4.10. The molecule has 16 heavy (non-hydrogen) atoms. The summed E-state index contributed by atoms with van der Waals surface area (Å²) in [7, 11) is 0. The first-order chi connectivity index (χ1) is 7.53. The van der Waals surface area contributed by atoms with Crippen LogP contribution in [-0.2, 0) is 4.79 Å². The lowest BCUT2D eigenvalue weighted by Gasteiger charge is -2.12. The van der Waals surface area contributed by atoms with Gasteiger partial charge in [-0.05, 0) is 25.0 Å². The van der Waals surface area contributed by atoms with Crippen molar-refractivity contribution in [3.8, 4) is 0 Å². The van der Waals surface area contributed by atoms with E-state index in [1.54, 1.807) is 0 Å². The molecule has 0 radical (unpaired) electrons. The smallest absolute Gasteiger partial charge is 0.329 e. The Morgan fingerprint density at radius 2 is 2.19 bits per heavy atom. The van der Waals surface area contributed by atoms with E-state index >= 15 is 0 Å². The molecule has 2 N–H and O–H groups in total. The first-order valence-corrected chi connectivity index (χ1v) is 5.09. The molecule has 2 rings (SSSR count). The number of carboxylic acids is 1. The third kappa shape index (κ3) is 1.99. The molecule has 1 saturated carbocycles. The summed E-state index contributed by atoms with van der Waals surface area (Å²) >= 11 is 5.63. The van der Waals surface area contributed by atoms with Gasteiger partial charge in [-0.3, -0.25) is 4.79 Å². The van der Waals surface area contributed by atoms with Crippen LogP contribution in [0.2, 0.25) is 5.15 Å². The summed E-state index contributed by atoms with van der Waals surface area (Å²) in [5.74, 6) is -1.44. The number of carboxylic acid groups (broad SMARTS) is 1. The fourth-order valence-electron chi connectivity index (χ4n) is 1.35. The van der Waals surface area contributed by atoms with E-state index in [9.17, 15) is 9.59 Å². The molecule has 1 aromatic rings. The van der Waals surface area contributed by atoms with Crippen molar-refractivity contribution in [1.82, 2.24) is 10.3 Å². The van der Waals surface area contributed by atoms with Gasteiger partial charge in [0, 0.05) is 11.8 Å². The minimum atomic E-state index is -1.08. The summed E-state index contributed by atoms with van der Waals surface area (Å²) in [5, 5.41) is 11.6. The summed E-state index contributed by atoms with van der Waals surface area (Å²) in [4.78, 5) is 26.3. The maximum absolute atomic E-state index is 11.7. The van der Waals surface area contributed by atoms with E-state index in [0.717, 1.165) is 0 Å². The number of aliphatic carboxylic acids is 1. The molecule has 1 aliphatic rings. The lowest BCUT2D eigenvalue weighted by molar-refractivity contribution is -0.140.